The smallest absolute Gasteiger partial charge is 0.114 e. The highest BCUT2D eigenvalue weighted by Crippen LogP contribution is 2.08. The molecule has 0 unspecified atom stereocenters. The first-order chi connectivity index (χ1) is 10.3. The van der Waals surface area contributed by atoms with Crippen LogP contribution in [-0.2, 0) is 0 Å². The number of nitrogens with two attached hydrogens (primary N) is 1. The lowest BCUT2D eigenvalue weighted by Gasteiger charge is -2.01. The second kappa shape index (κ2) is 12.9. The van der Waals surface area contributed by atoms with E-state index in [1.165, 1.54) is 0 Å². The lowest BCUT2D eigenvalue weighted by Crippen LogP contribution is -2.00. The molecule has 0 aliphatic carbocycles. The van der Waals surface area contributed by atoms with Crippen LogP contribution in [0.1, 0.15) is 19.4 Å². The van der Waals surface area contributed by atoms with Gasteiger partial charge in [0.25, 0.3) is 0 Å². The number of nitrogens with zero attached hydrogens (tertiary/aromatic N) is 1. The molecular formula is C18H23ClN2. The molecule has 0 atom stereocenters. The van der Waals surface area contributed by atoms with Crippen molar-refractivity contribution in [2.24, 2.45) is 10.7 Å². The van der Waals surface area contributed by atoms with Gasteiger partial charge in [-0.05, 0) is 17.7 Å². The molecule has 0 saturated carbocycles. The first-order valence-electron chi connectivity index (χ1n) is 6.86. The summed E-state index contributed by atoms with van der Waals surface area (Å²) in [6.45, 7) is 7.60. The number of aliphatic imine (C=N–C) groups is 1. The molecule has 0 saturated heterocycles. The normalized spacial score (nSPS) is 12.3. The molecule has 112 valence electrons. The summed E-state index contributed by atoms with van der Waals surface area (Å²) in [5, 5.41) is 0. The SMILES string of the molecule is C=C\C=C/C=C/C(/C=C(\N)c1ccccc1)=N/CCl.CC. The van der Waals surface area contributed by atoms with Crippen molar-refractivity contribution < 1.29 is 0 Å². The monoisotopic (exact) mass is 302 g/mol. The van der Waals surface area contributed by atoms with Gasteiger partial charge in [-0.1, -0.05) is 75.1 Å². The molecule has 1 rings (SSSR count). The highest BCUT2D eigenvalue weighted by molar-refractivity contribution is 6.19. The van der Waals surface area contributed by atoms with Gasteiger partial charge in [0.15, 0.2) is 0 Å². The zero-order chi connectivity index (χ0) is 15.9. The van der Waals surface area contributed by atoms with Gasteiger partial charge < -0.3 is 5.73 Å². The lowest BCUT2D eigenvalue weighted by atomic mass is 10.1. The summed E-state index contributed by atoms with van der Waals surface area (Å²) in [6.07, 6.45) is 10.9. The van der Waals surface area contributed by atoms with Crippen molar-refractivity contribution >= 4 is 23.0 Å². The number of rotatable bonds is 6. The van der Waals surface area contributed by atoms with Crippen LogP contribution >= 0.6 is 11.6 Å². The minimum Gasteiger partial charge on any atom is -0.398 e. The first kappa shape index (κ1) is 18.9. The summed E-state index contributed by atoms with van der Waals surface area (Å²) >= 11 is 5.64. The Bertz CT molecular complexity index is 511. The van der Waals surface area contributed by atoms with E-state index < -0.39 is 0 Å². The Morgan fingerprint density at radius 3 is 2.43 bits per heavy atom. The van der Waals surface area contributed by atoms with E-state index in [0.717, 1.165) is 11.3 Å². The van der Waals surface area contributed by atoms with Crippen LogP contribution in [0.2, 0.25) is 0 Å². The maximum atomic E-state index is 6.03. The van der Waals surface area contributed by atoms with Crippen molar-refractivity contribution in [2.45, 2.75) is 13.8 Å². The third kappa shape index (κ3) is 8.66. The van der Waals surface area contributed by atoms with Gasteiger partial charge in [0.05, 0.1) is 5.71 Å². The molecular weight excluding hydrogens is 280 g/mol. The average molecular weight is 303 g/mol. The van der Waals surface area contributed by atoms with E-state index in [1.807, 2.05) is 68.5 Å². The Labute approximate surface area is 133 Å². The number of allylic oxidation sites excluding steroid dienone is 6. The van der Waals surface area contributed by atoms with Gasteiger partial charge in [-0.15, -0.1) is 11.6 Å². The molecule has 0 bridgehead atoms. The van der Waals surface area contributed by atoms with Crippen LogP contribution in [-0.4, -0.2) is 11.7 Å². The molecule has 0 aliphatic heterocycles. The van der Waals surface area contributed by atoms with Crippen LogP contribution in [0.4, 0.5) is 0 Å². The van der Waals surface area contributed by atoms with E-state index in [4.69, 9.17) is 17.3 Å². The molecule has 0 fully saturated rings. The van der Waals surface area contributed by atoms with Gasteiger partial charge in [0.1, 0.15) is 6.00 Å². The highest BCUT2D eigenvalue weighted by atomic mass is 35.5. The zero-order valence-corrected chi connectivity index (χ0v) is 13.4. The van der Waals surface area contributed by atoms with E-state index in [1.54, 1.807) is 12.2 Å². The maximum Gasteiger partial charge on any atom is 0.114 e. The Hall–Kier alpha value is -2.06. The van der Waals surface area contributed by atoms with E-state index in [0.29, 0.717) is 5.70 Å². The third-order valence-corrected chi connectivity index (χ3v) is 2.40. The fraction of sp³-hybridized carbons (Fsp3) is 0.167. The quantitative estimate of drug-likeness (QED) is 0.343. The average Bonchev–Trinajstić information content (AvgIpc) is 2.54. The predicted octanol–water partition coefficient (Wildman–Crippen LogP) is 4.95. The number of alkyl halides is 1. The molecule has 0 aromatic heterocycles. The number of hydrogen-bond acceptors (Lipinski definition) is 2. The van der Waals surface area contributed by atoms with Crippen molar-refractivity contribution in [1.82, 2.24) is 0 Å². The zero-order valence-electron chi connectivity index (χ0n) is 12.7. The standard InChI is InChI=1S/C16H17ClN2.C2H6/c1-2-3-4-8-11-15(19-13-17)12-16(18)14-9-6-5-7-10-14;1-2/h2-12H,1,13,18H2;1-2H3/b4-3-,11-8+,16-12-,19-15-;. The minimum atomic E-state index is 0.198. The molecule has 2 nitrogen and oxygen atoms in total. The molecule has 1 aromatic rings. The van der Waals surface area contributed by atoms with Gasteiger partial charge in [0, 0.05) is 5.70 Å². The van der Waals surface area contributed by atoms with E-state index in [2.05, 4.69) is 11.6 Å². The van der Waals surface area contributed by atoms with Crippen LogP contribution in [0.15, 0.2) is 78.4 Å². The topological polar surface area (TPSA) is 38.4 Å². The molecule has 0 spiro atoms. The van der Waals surface area contributed by atoms with Crippen molar-refractivity contribution in [3.8, 4) is 0 Å². The van der Waals surface area contributed by atoms with E-state index in [9.17, 15) is 0 Å². The fourth-order valence-corrected chi connectivity index (χ4v) is 1.52. The summed E-state index contributed by atoms with van der Waals surface area (Å²) < 4.78 is 0. The molecule has 1 aromatic carbocycles. The van der Waals surface area contributed by atoms with Gasteiger partial charge in [-0.3, -0.25) is 4.99 Å². The van der Waals surface area contributed by atoms with Gasteiger partial charge in [0.2, 0.25) is 0 Å². The molecule has 2 N–H and O–H groups in total. The molecule has 3 heteroatoms. The molecule has 21 heavy (non-hydrogen) atoms. The van der Waals surface area contributed by atoms with Crippen molar-refractivity contribution in [2.75, 3.05) is 6.00 Å². The van der Waals surface area contributed by atoms with Crippen LogP contribution in [0.25, 0.3) is 5.70 Å². The highest BCUT2D eigenvalue weighted by Gasteiger charge is 1.96. The lowest BCUT2D eigenvalue weighted by molar-refractivity contribution is 1.37. The maximum absolute atomic E-state index is 6.03. The molecule has 0 heterocycles. The summed E-state index contributed by atoms with van der Waals surface area (Å²) in [5.74, 6) is 0. The Morgan fingerprint density at radius 1 is 1.19 bits per heavy atom. The van der Waals surface area contributed by atoms with E-state index in [-0.39, 0.29) is 6.00 Å². The Morgan fingerprint density at radius 2 is 1.86 bits per heavy atom. The van der Waals surface area contributed by atoms with Crippen LogP contribution in [0.5, 0.6) is 0 Å². The summed E-state index contributed by atoms with van der Waals surface area (Å²) in [7, 11) is 0. The summed E-state index contributed by atoms with van der Waals surface area (Å²) in [4.78, 5) is 4.17. The van der Waals surface area contributed by atoms with Gasteiger partial charge >= 0.3 is 0 Å². The Kier molecular flexibility index (Phi) is 11.7. The van der Waals surface area contributed by atoms with Gasteiger partial charge in [-0.25, -0.2) is 0 Å². The molecule has 0 amide bonds. The van der Waals surface area contributed by atoms with Crippen molar-refractivity contribution in [3.05, 3.63) is 78.9 Å². The predicted molar refractivity (Wildman–Crippen MR) is 96.6 cm³/mol. The van der Waals surface area contributed by atoms with Crippen LogP contribution in [0, 0.1) is 0 Å². The molecule has 0 aliphatic rings. The fourth-order valence-electron chi connectivity index (χ4n) is 1.39. The largest absolute Gasteiger partial charge is 0.398 e. The van der Waals surface area contributed by atoms with Crippen LogP contribution < -0.4 is 5.73 Å². The second-order valence-corrected chi connectivity index (χ2v) is 3.89. The summed E-state index contributed by atoms with van der Waals surface area (Å²) in [5.41, 5.74) is 8.37. The van der Waals surface area contributed by atoms with Crippen molar-refractivity contribution in [1.29, 1.82) is 0 Å². The number of benzene rings is 1. The third-order valence-electron chi connectivity index (χ3n) is 2.28. The van der Waals surface area contributed by atoms with Gasteiger partial charge in [-0.2, -0.15) is 0 Å². The second-order valence-electron chi connectivity index (χ2n) is 3.65. The molecule has 0 radical (unpaired) electrons. The van der Waals surface area contributed by atoms with E-state index >= 15 is 0 Å². The first-order valence-corrected chi connectivity index (χ1v) is 7.40. The number of hydrogen-bond donors (Lipinski definition) is 1. The van der Waals surface area contributed by atoms with Crippen LogP contribution in [0.3, 0.4) is 0 Å². The Balaban J connectivity index is 0.00000191. The van der Waals surface area contributed by atoms with Crippen molar-refractivity contribution in [3.63, 3.8) is 0 Å². The minimum absolute atomic E-state index is 0.198. The summed E-state index contributed by atoms with van der Waals surface area (Å²) in [6, 6.07) is 9.93. The number of halogens is 1.